The van der Waals surface area contributed by atoms with Crippen molar-refractivity contribution in [3.8, 4) is 0 Å². The monoisotopic (exact) mass is 338 g/mol. The molecule has 0 saturated heterocycles. The van der Waals surface area contributed by atoms with Crippen molar-refractivity contribution in [3.63, 3.8) is 0 Å². The highest BCUT2D eigenvalue weighted by atomic mass is 32.1. The fourth-order valence-corrected chi connectivity index (χ4v) is 4.11. The molecular weight excluding hydrogens is 312 g/mol. The van der Waals surface area contributed by atoms with E-state index in [1.807, 2.05) is 25.9 Å². The number of thiophene rings is 1. The number of likely N-dealkylation sites (N-methyl/N-ethyl adjacent to an activating group) is 1. The highest BCUT2D eigenvalue weighted by Crippen LogP contribution is 2.40. The molecule has 0 saturated carbocycles. The fourth-order valence-electron chi connectivity index (χ4n) is 2.71. The maximum atomic E-state index is 12.4. The zero-order valence-corrected chi connectivity index (χ0v) is 15.4. The van der Waals surface area contributed by atoms with Gasteiger partial charge in [0.25, 0.3) is 0 Å². The largest absolute Gasteiger partial charge is 0.462 e. The molecule has 1 N–H and O–H groups in total. The zero-order chi connectivity index (χ0) is 17.1. The lowest BCUT2D eigenvalue weighted by Gasteiger charge is -2.19. The van der Waals surface area contributed by atoms with Crippen LogP contribution in [0.1, 0.15) is 48.0 Å². The summed E-state index contributed by atoms with van der Waals surface area (Å²) in [5, 5.41) is 3.58. The van der Waals surface area contributed by atoms with Crippen LogP contribution in [-0.4, -0.2) is 43.5 Å². The number of anilines is 1. The van der Waals surface area contributed by atoms with Gasteiger partial charge in [-0.05, 0) is 58.7 Å². The molecule has 6 heteroatoms. The molecule has 0 radical (unpaired) electrons. The minimum Gasteiger partial charge on any atom is -0.462 e. The van der Waals surface area contributed by atoms with Crippen LogP contribution < -0.4 is 5.32 Å². The molecule has 23 heavy (non-hydrogen) atoms. The third-order valence-electron chi connectivity index (χ3n) is 4.38. The summed E-state index contributed by atoms with van der Waals surface area (Å²) in [6.45, 7) is 6.19. The van der Waals surface area contributed by atoms with Crippen molar-refractivity contribution in [3.05, 3.63) is 16.0 Å². The maximum Gasteiger partial charge on any atom is 0.341 e. The first-order valence-electron chi connectivity index (χ1n) is 8.14. The second-order valence-corrected chi connectivity index (χ2v) is 7.51. The van der Waals surface area contributed by atoms with Crippen LogP contribution in [0.15, 0.2) is 0 Å². The van der Waals surface area contributed by atoms with Crippen molar-refractivity contribution in [1.82, 2.24) is 4.90 Å². The first kappa shape index (κ1) is 17.9. The van der Waals surface area contributed by atoms with Gasteiger partial charge in [-0.15, -0.1) is 11.3 Å². The molecule has 1 aliphatic rings. The lowest BCUT2D eigenvalue weighted by molar-refractivity contribution is -0.119. The molecule has 128 valence electrons. The van der Waals surface area contributed by atoms with Gasteiger partial charge in [-0.2, -0.15) is 0 Å². The lowest BCUT2D eigenvalue weighted by atomic mass is 9.88. The molecule has 0 unspecified atom stereocenters. The molecule has 1 amide bonds. The number of carbonyl (C=O) groups excluding carboxylic acids is 2. The second-order valence-electron chi connectivity index (χ2n) is 6.41. The first-order valence-corrected chi connectivity index (χ1v) is 8.95. The smallest absolute Gasteiger partial charge is 0.341 e. The number of esters is 1. The van der Waals surface area contributed by atoms with E-state index in [2.05, 4.69) is 12.2 Å². The van der Waals surface area contributed by atoms with Gasteiger partial charge >= 0.3 is 5.97 Å². The van der Waals surface area contributed by atoms with E-state index in [1.54, 1.807) is 6.92 Å². The molecule has 0 bridgehead atoms. The SMILES string of the molecule is CCOC(=O)c1c(NC(=O)[C@@H](C)N(C)C)sc2c1CC[C@@H](C)C2. The first-order chi connectivity index (χ1) is 10.8. The normalized spacial score (nSPS) is 18.4. The molecule has 0 fully saturated rings. The van der Waals surface area contributed by atoms with Gasteiger partial charge in [-0.1, -0.05) is 6.92 Å². The topological polar surface area (TPSA) is 58.6 Å². The lowest BCUT2D eigenvalue weighted by Crippen LogP contribution is -2.37. The van der Waals surface area contributed by atoms with Crippen LogP contribution in [0.4, 0.5) is 5.00 Å². The summed E-state index contributed by atoms with van der Waals surface area (Å²) < 4.78 is 5.22. The summed E-state index contributed by atoms with van der Waals surface area (Å²) in [7, 11) is 3.72. The van der Waals surface area contributed by atoms with Crippen molar-refractivity contribution in [1.29, 1.82) is 0 Å². The van der Waals surface area contributed by atoms with E-state index < -0.39 is 0 Å². The zero-order valence-electron chi connectivity index (χ0n) is 14.6. The Balaban J connectivity index is 2.34. The molecule has 1 aliphatic carbocycles. The number of nitrogens with one attached hydrogen (secondary N) is 1. The summed E-state index contributed by atoms with van der Waals surface area (Å²) in [6.07, 6.45) is 2.91. The fraction of sp³-hybridized carbons (Fsp3) is 0.647. The van der Waals surface area contributed by atoms with Gasteiger partial charge in [0.05, 0.1) is 18.2 Å². The van der Waals surface area contributed by atoms with E-state index in [1.165, 1.54) is 16.2 Å². The van der Waals surface area contributed by atoms with Crippen LogP contribution in [0, 0.1) is 5.92 Å². The Labute approximate surface area is 142 Å². The highest BCUT2D eigenvalue weighted by molar-refractivity contribution is 7.17. The molecule has 0 aromatic carbocycles. The Morgan fingerprint density at radius 3 is 2.74 bits per heavy atom. The van der Waals surface area contributed by atoms with Gasteiger partial charge in [-0.3, -0.25) is 9.69 Å². The van der Waals surface area contributed by atoms with E-state index >= 15 is 0 Å². The molecule has 2 atom stereocenters. The number of hydrogen-bond donors (Lipinski definition) is 1. The number of hydrogen-bond acceptors (Lipinski definition) is 5. The van der Waals surface area contributed by atoms with E-state index in [0.717, 1.165) is 24.8 Å². The highest BCUT2D eigenvalue weighted by Gasteiger charge is 2.29. The van der Waals surface area contributed by atoms with E-state index in [-0.39, 0.29) is 17.9 Å². The molecule has 1 aromatic heterocycles. The Kier molecular flexibility index (Phi) is 5.81. The van der Waals surface area contributed by atoms with Crippen molar-refractivity contribution >= 4 is 28.2 Å². The van der Waals surface area contributed by atoms with Gasteiger partial charge < -0.3 is 10.1 Å². The molecule has 0 aliphatic heterocycles. The van der Waals surface area contributed by atoms with Gasteiger partial charge in [0.1, 0.15) is 5.00 Å². The molecule has 1 aromatic rings. The van der Waals surface area contributed by atoms with Crippen LogP contribution in [-0.2, 0) is 22.4 Å². The van der Waals surface area contributed by atoms with Crippen molar-refractivity contribution in [2.24, 2.45) is 5.92 Å². The third kappa shape index (κ3) is 3.93. The Morgan fingerprint density at radius 2 is 2.13 bits per heavy atom. The number of amides is 1. The Bertz CT molecular complexity index is 595. The number of fused-ring (bicyclic) bond motifs is 1. The average molecular weight is 338 g/mol. The van der Waals surface area contributed by atoms with Crippen molar-refractivity contribution < 1.29 is 14.3 Å². The van der Waals surface area contributed by atoms with Crippen LogP contribution in [0.25, 0.3) is 0 Å². The van der Waals surface area contributed by atoms with Crippen molar-refractivity contribution in [2.75, 3.05) is 26.0 Å². The number of ether oxygens (including phenoxy) is 1. The van der Waals surface area contributed by atoms with E-state index in [9.17, 15) is 9.59 Å². The minimum atomic E-state index is -0.327. The summed E-state index contributed by atoms with van der Waals surface area (Å²) in [4.78, 5) is 27.8. The Morgan fingerprint density at radius 1 is 1.43 bits per heavy atom. The molecule has 1 heterocycles. The quantitative estimate of drug-likeness (QED) is 0.839. The van der Waals surface area contributed by atoms with Crippen molar-refractivity contribution in [2.45, 2.75) is 46.1 Å². The third-order valence-corrected chi connectivity index (χ3v) is 5.55. The minimum absolute atomic E-state index is 0.104. The van der Waals surface area contributed by atoms with Crippen LogP contribution in [0.2, 0.25) is 0 Å². The summed E-state index contributed by atoms with van der Waals surface area (Å²) in [6, 6.07) is -0.261. The number of nitrogens with zero attached hydrogens (tertiary/aromatic N) is 1. The predicted molar refractivity (Wildman–Crippen MR) is 93.2 cm³/mol. The van der Waals surface area contributed by atoms with Crippen LogP contribution >= 0.6 is 11.3 Å². The molecule has 5 nitrogen and oxygen atoms in total. The van der Waals surface area contributed by atoms with Gasteiger partial charge in [0, 0.05) is 4.88 Å². The molecular formula is C17H26N2O3S. The summed E-state index contributed by atoms with van der Waals surface area (Å²) >= 11 is 1.53. The van der Waals surface area contributed by atoms with E-state index in [0.29, 0.717) is 23.1 Å². The van der Waals surface area contributed by atoms with E-state index in [4.69, 9.17) is 4.74 Å². The Hall–Kier alpha value is -1.40. The molecule has 2 rings (SSSR count). The van der Waals surface area contributed by atoms with Crippen LogP contribution in [0.5, 0.6) is 0 Å². The summed E-state index contributed by atoms with van der Waals surface area (Å²) in [5.41, 5.74) is 1.64. The maximum absolute atomic E-state index is 12.4. The van der Waals surface area contributed by atoms with Gasteiger partial charge in [0.2, 0.25) is 5.91 Å². The standard InChI is InChI=1S/C17H26N2O3S/c1-6-22-17(21)14-12-8-7-10(2)9-13(12)23-16(14)18-15(20)11(3)19(4)5/h10-11H,6-9H2,1-5H3,(H,18,20)/t10-,11-/m1/s1. The predicted octanol–water partition coefficient (Wildman–Crippen LogP) is 2.94. The second kappa shape index (κ2) is 7.45. The molecule has 0 spiro atoms. The van der Waals surface area contributed by atoms with Gasteiger partial charge in [-0.25, -0.2) is 4.79 Å². The summed E-state index contributed by atoms with van der Waals surface area (Å²) in [5.74, 6) is 0.181. The number of rotatable bonds is 5. The van der Waals surface area contributed by atoms with Crippen LogP contribution in [0.3, 0.4) is 0 Å². The number of carbonyl (C=O) groups is 2. The van der Waals surface area contributed by atoms with Gasteiger partial charge in [0.15, 0.2) is 0 Å². The average Bonchev–Trinajstić information content (AvgIpc) is 2.83.